The van der Waals surface area contributed by atoms with Crippen LogP contribution in [0.3, 0.4) is 0 Å². The molecule has 1 aliphatic heterocycles. The second-order valence-electron chi connectivity index (χ2n) is 7.16. The van der Waals surface area contributed by atoms with Gasteiger partial charge < -0.3 is 15.4 Å². The van der Waals surface area contributed by atoms with Gasteiger partial charge in [-0.05, 0) is 45.6 Å². The summed E-state index contributed by atoms with van der Waals surface area (Å²) in [4.78, 5) is 8.25. The molecule has 6 heteroatoms. The van der Waals surface area contributed by atoms with E-state index in [1.807, 2.05) is 7.05 Å². The lowest BCUT2D eigenvalue weighted by Crippen LogP contribution is -2.59. The molecule has 136 valence electrons. The zero-order chi connectivity index (χ0) is 17.6. The van der Waals surface area contributed by atoms with Gasteiger partial charge in [-0.15, -0.1) is 11.3 Å². The van der Waals surface area contributed by atoms with Crippen molar-refractivity contribution >= 4 is 17.3 Å². The van der Waals surface area contributed by atoms with Crippen LogP contribution in [0.4, 0.5) is 0 Å². The first-order chi connectivity index (χ1) is 11.4. The SMILES string of the molecule is CN=C(NCCc1cccs1)NCC(C)(C)N1CC(C)OC(C)C1. The normalized spacial score (nSPS) is 23.3. The highest BCUT2D eigenvalue weighted by Crippen LogP contribution is 2.20. The average molecular weight is 353 g/mol. The van der Waals surface area contributed by atoms with E-state index in [1.54, 1.807) is 11.3 Å². The van der Waals surface area contributed by atoms with E-state index in [4.69, 9.17) is 4.74 Å². The fourth-order valence-corrected chi connectivity index (χ4v) is 3.77. The third-order valence-electron chi connectivity index (χ3n) is 4.43. The van der Waals surface area contributed by atoms with Crippen LogP contribution in [0.2, 0.25) is 0 Å². The first-order valence-electron chi connectivity index (χ1n) is 8.78. The van der Waals surface area contributed by atoms with Gasteiger partial charge in [-0.25, -0.2) is 0 Å². The maximum atomic E-state index is 5.85. The molecule has 2 atom stereocenters. The monoisotopic (exact) mass is 352 g/mol. The Hall–Kier alpha value is -1.11. The smallest absolute Gasteiger partial charge is 0.191 e. The van der Waals surface area contributed by atoms with Gasteiger partial charge in [0.25, 0.3) is 0 Å². The summed E-state index contributed by atoms with van der Waals surface area (Å²) in [7, 11) is 1.83. The minimum Gasteiger partial charge on any atom is -0.373 e. The molecular weight excluding hydrogens is 320 g/mol. The van der Waals surface area contributed by atoms with Crippen molar-refractivity contribution < 1.29 is 4.74 Å². The molecule has 0 spiro atoms. The van der Waals surface area contributed by atoms with E-state index in [1.165, 1.54) is 4.88 Å². The number of ether oxygens (including phenoxy) is 1. The summed E-state index contributed by atoms with van der Waals surface area (Å²) in [6.45, 7) is 12.6. The molecule has 1 aromatic heterocycles. The third-order valence-corrected chi connectivity index (χ3v) is 5.37. The quantitative estimate of drug-likeness (QED) is 0.609. The van der Waals surface area contributed by atoms with Crippen LogP contribution < -0.4 is 10.6 Å². The van der Waals surface area contributed by atoms with Crippen molar-refractivity contribution in [2.75, 3.05) is 33.2 Å². The molecule has 1 saturated heterocycles. The van der Waals surface area contributed by atoms with Crippen LogP contribution in [-0.4, -0.2) is 61.8 Å². The number of rotatable bonds is 6. The summed E-state index contributed by atoms with van der Waals surface area (Å²) in [5.74, 6) is 0.869. The summed E-state index contributed by atoms with van der Waals surface area (Å²) in [6.07, 6.45) is 1.60. The molecule has 24 heavy (non-hydrogen) atoms. The van der Waals surface area contributed by atoms with Gasteiger partial charge in [0.1, 0.15) is 0 Å². The molecule has 0 aliphatic carbocycles. The highest BCUT2D eigenvalue weighted by Gasteiger charge is 2.33. The van der Waals surface area contributed by atoms with E-state index in [0.717, 1.165) is 38.6 Å². The Balaban J connectivity index is 1.78. The number of hydrogen-bond donors (Lipinski definition) is 2. The molecule has 1 aromatic rings. The Morgan fingerprint density at radius 1 is 1.33 bits per heavy atom. The van der Waals surface area contributed by atoms with Crippen LogP contribution in [0.5, 0.6) is 0 Å². The van der Waals surface area contributed by atoms with Crippen LogP contribution in [0.25, 0.3) is 0 Å². The molecule has 0 bridgehead atoms. The van der Waals surface area contributed by atoms with Crippen LogP contribution in [-0.2, 0) is 11.2 Å². The Labute approximate surface area is 150 Å². The van der Waals surface area contributed by atoms with E-state index in [0.29, 0.717) is 0 Å². The van der Waals surface area contributed by atoms with Crippen molar-refractivity contribution in [2.45, 2.75) is 51.9 Å². The third kappa shape index (κ3) is 5.76. The maximum Gasteiger partial charge on any atom is 0.191 e. The van der Waals surface area contributed by atoms with Crippen molar-refractivity contribution in [1.82, 2.24) is 15.5 Å². The minimum atomic E-state index is 0.0532. The van der Waals surface area contributed by atoms with Crippen LogP contribution >= 0.6 is 11.3 Å². The second-order valence-corrected chi connectivity index (χ2v) is 8.19. The molecule has 2 unspecified atom stereocenters. The molecule has 5 nitrogen and oxygen atoms in total. The maximum absolute atomic E-state index is 5.85. The summed E-state index contributed by atoms with van der Waals surface area (Å²) >= 11 is 1.80. The van der Waals surface area contributed by atoms with E-state index < -0.39 is 0 Å². The van der Waals surface area contributed by atoms with E-state index >= 15 is 0 Å². The molecule has 2 rings (SSSR count). The minimum absolute atomic E-state index is 0.0532. The predicted molar refractivity (Wildman–Crippen MR) is 103 cm³/mol. The van der Waals surface area contributed by atoms with Gasteiger partial charge in [0, 0.05) is 43.6 Å². The van der Waals surface area contributed by atoms with Crippen molar-refractivity contribution in [3.05, 3.63) is 22.4 Å². The van der Waals surface area contributed by atoms with Crippen molar-refractivity contribution in [3.63, 3.8) is 0 Å². The van der Waals surface area contributed by atoms with Crippen molar-refractivity contribution in [3.8, 4) is 0 Å². The first-order valence-corrected chi connectivity index (χ1v) is 9.66. The molecule has 1 fully saturated rings. The Morgan fingerprint density at radius 3 is 2.62 bits per heavy atom. The number of nitrogens with zero attached hydrogens (tertiary/aromatic N) is 2. The van der Waals surface area contributed by atoms with Crippen LogP contribution in [0.15, 0.2) is 22.5 Å². The molecule has 2 N–H and O–H groups in total. The lowest BCUT2D eigenvalue weighted by Gasteiger charge is -2.45. The van der Waals surface area contributed by atoms with Gasteiger partial charge in [0.2, 0.25) is 0 Å². The van der Waals surface area contributed by atoms with Crippen LogP contribution in [0, 0.1) is 0 Å². The van der Waals surface area contributed by atoms with E-state index in [-0.39, 0.29) is 17.7 Å². The lowest BCUT2D eigenvalue weighted by molar-refractivity contribution is -0.0946. The van der Waals surface area contributed by atoms with Gasteiger partial charge in [-0.2, -0.15) is 0 Å². The van der Waals surface area contributed by atoms with E-state index in [2.05, 4.69) is 65.7 Å². The highest BCUT2D eigenvalue weighted by molar-refractivity contribution is 7.09. The molecule has 0 saturated carbocycles. The molecule has 0 aromatic carbocycles. The largest absolute Gasteiger partial charge is 0.373 e. The topological polar surface area (TPSA) is 48.9 Å². The number of guanidine groups is 1. The molecule has 0 amide bonds. The Morgan fingerprint density at radius 2 is 2.04 bits per heavy atom. The summed E-state index contributed by atoms with van der Waals surface area (Å²) in [5, 5.41) is 9.00. The van der Waals surface area contributed by atoms with Gasteiger partial charge in [0.15, 0.2) is 5.96 Å². The first kappa shape index (κ1) is 19.2. The van der Waals surface area contributed by atoms with Gasteiger partial charge >= 0.3 is 0 Å². The fourth-order valence-electron chi connectivity index (χ4n) is 3.06. The standard InChI is InChI=1S/C18H32N4OS/c1-14-11-22(12-15(2)23-14)18(3,4)13-21-17(19-5)20-9-8-16-7-6-10-24-16/h6-7,10,14-15H,8-9,11-13H2,1-5H3,(H2,19,20,21). The number of nitrogens with one attached hydrogen (secondary N) is 2. The predicted octanol–water partition coefficient (Wildman–Crippen LogP) is 2.34. The number of aliphatic imine (C=N–C) groups is 1. The van der Waals surface area contributed by atoms with Crippen molar-refractivity contribution in [1.29, 1.82) is 0 Å². The van der Waals surface area contributed by atoms with Gasteiger partial charge in [-0.1, -0.05) is 6.07 Å². The molecule has 1 aliphatic rings. The lowest BCUT2D eigenvalue weighted by atomic mass is 10.00. The number of hydrogen-bond acceptors (Lipinski definition) is 4. The summed E-state index contributed by atoms with van der Waals surface area (Å²) in [6, 6.07) is 4.27. The van der Waals surface area contributed by atoms with E-state index in [9.17, 15) is 0 Å². The zero-order valence-electron chi connectivity index (χ0n) is 15.6. The number of thiophene rings is 1. The fraction of sp³-hybridized carbons (Fsp3) is 0.722. The highest BCUT2D eigenvalue weighted by atomic mass is 32.1. The number of morpholine rings is 1. The Bertz CT molecular complexity index is 505. The van der Waals surface area contributed by atoms with Crippen molar-refractivity contribution in [2.24, 2.45) is 4.99 Å². The zero-order valence-corrected chi connectivity index (χ0v) is 16.4. The summed E-state index contributed by atoms with van der Waals surface area (Å²) in [5.41, 5.74) is 0.0532. The van der Waals surface area contributed by atoms with Gasteiger partial charge in [-0.3, -0.25) is 9.89 Å². The molecular formula is C18H32N4OS. The second kappa shape index (κ2) is 8.83. The summed E-state index contributed by atoms with van der Waals surface area (Å²) < 4.78 is 5.85. The van der Waals surface area contributed by atoms with Crippen LogP contribution in [0.1, 0.15) is 32.6 Å². The molecule has 0 radical (unpaired) electrons. The van der Waals surface area contributed by atoms with Gasteiger partial charge in [0.05, 0.1) is 12.2 Å². The molecule has 2 heterocycles. The Kier molecular flexibility index (Phi) is 7.07. The average Bonchev–Trinajstić information content (AvgIpc) is 3.03.